The first kappa shape index (κ1) is 41.4. The van der Waals surface area contributed by atoms with Gasteiger partial charge in [0.2, 0.25) is 5.91 Å². The van der Waals surface area contributed by atoms with E-state index in [1.165, 1.54) is 54.7 Å². The molecular weight excluding hydrogens is 871 g/mol. The van der Waals surface area contributed by atoms with E-state index in [-0.39, 0.29) is 62.1 Å². The number of fused-ring (bicyclic) bond motifs is 5. The van der Waals surface area contributed by atoms with E-state index in [2.05, 4.69) is 25.2 Å². The Kier molecular flexibility index (Phi) is 9.93. The van der Waals surface area contributed by atoms with Crippen molar-refractivity contribution in [2.45, 2.75) is 49.7 Å². The molecule has 0 spiro atoms. The van der Waals surface area contributed by atoms with Crippen LogP contribution in [0.1, 0.15) is 53.1 Å². The van der Waals surface area contributed by atoms with E-state index in [9.17, 15) is 35.6 Å². The summed E-state index contributed by atoms with van der Waals surface area (Å²) in [5, 5.41) is 7.87. The van der Waals surface area contributed by atoms with Crippen LogP contribution < -0.4 is 16.3 Å². The Hall–Kier alpha value is -5.93. The molecule has 5 atom stereocenters. The number of carbonyl (C=O) groups excluding carboxylic acids is 1. The predicted molar refractivity (Wildman–Crippen MR) is 211 cm³/mol. The number of hydrazine groups is 1. The van der Waals surface area contributed by atoms with Gasteiger partial charge in [-0.2, -0.15) is 13.9 Å². The number of pyridine rings is 1. The summed E-state index contributed by atoms with van der Waals surface area (Å²) in [4.78, 5) is 38.1. The second-order valence-electron chi connectivity index (χ2n) is 15.5. The first-order valence-corrected chi connectivity index (χ1v) is 21.1. The van der Waals surface area contributed by atoms with E-state index in [1.807, 2.05) is 0 Å². The summed E-state index contributed by atoms with van der Waals surface area (Å²) >= 11 is 6.65. The van der Waals surface area contributed by atoms with Crippen molar-refractivity contribution < 1.29 is 43.9 Å². The molecule has 2 N–H and O–H groups in total. The van der Waals surface area contributed by atoms with Gasteiger partial charge in [-0.05, 0) is 54.3 Å². The standard InChI is InChI=1S/C40H31ClF7N9O4S/c1-55-34-28(8-7-24(41)31(34)37(53-55)54-62(2,60)61)57-38(51-26-12-18(15-49-32(26)39(57)59)21-5-3-4-6-25(21)44)27(11-17-9-19(42)13-20(43)10-17)50-29(58)16-56-35-30(33(52-56)36(45)46)22-14-23(22)40(35,47)48/h3-10,12-13,15,22-23,27,31,34,36H,11,14,16H2,1-2H3,(H,50,58)(H,53,54)/t22-,23+,27-,31?,34?/m0/s1. The Morgan fingerprint density at radius 3 is 2.52 bits per heavy atom. The van der Waals surface area contributed by atoms with E-state index >= 15 is 13.2 Å². The number of hydrogen-bond acceptors (Lipinski definition) is 8. The fourth-order valence-electron chi connectivity index (χ4n) is 8.71. The summed E-state index contributed by atoms with van der Waals surface area (Å²) in [6.45, 7) is -1.02. The quantitative estimate of drug-likeness (QED) is 0.159. The van der Waals surface area contributed by atoms with Crippen LogP contribution in [-0.4, -0.2) is 68.8 Å². The van der Waals surface area contributed by atoms with Crippen molar-refractivity contribution in [3.63, 3.8) is 0 Å². The summed E-state index contributed by atoms with van der Waals surface area (Å²) in [6, 6.07) is 6.97. The van der Waals surface area contributed by atoms with Gasteiger partial charge >= 0.3 is 0 Å². The summed E-state index contributed by atoms with van der Waals surface area (Å²) in [7, 11) is -2.49. The Labute approximate surface area is 351 Å². The number of aromatic nitrogens is 5. The van der Waals surface area contributed by atoms with Crippen LogP contribution in [0, 0.1) is 29.3 Å². The highest BCUT2D eigenvalue weighted by Gasteiger charge is 2.67. The number of allylic oxidation sites excluding steroid dienone is 2. The molecule has 1 aliphatic heterocycles. The van der Waals surface area contributed by atoms with Gasteiger partial charge in [0.15, 0.2) is 5.52 Å². The minimum absolute atomic E-state index is 0.0209. The lowest BCUT2D eigenvalue weighted by atomic mass is 9.91. The van der Waals surface area contributed by atoms with Crippen molar-refractivity contribution in [2.24, 2.45) is 16.2 Å². The van der Waals surface area contributed by atoms with Crippen molar-refractivity contribution >= 4 is 50.1 Å². The van der Waals surface area contributed by atoms with Crippen molar-refractivity contribution in [1.29, 1.82) is 0 Å². The van der Waals surface area contributed by atoms with Gasteiger partial charge in [-0.15, -0.1) is 4.40 Å². The highest BCUT2D eigenvalue weighted by Crippen LogP contribution is 2.68. The highest BCUT2D eigenvalue weighted by atomic mass is 35.5. The van der Waals surface area contributed by atoms with Crippen LogP contribution in [0.5, 0.6) is 0 Å². The molecule has 1 amide bonds. The molecule has 13 nitrogen and oxygen atoms in total. The van der Waals surface area contributed by atoms with Gasteiger partial charge in [-0.25, -0.2) is 45.3 Å². The first-order chi connectivity index (χ1) is 29.3. The van der Waals surface area contributed by atoms with Gasteiger partial charge in [0, 0.05) is 59.1 Å². The number of sulfonamides is 1. The van der Waals surface area contributed by atoms with Crippen molar-refractivity contribution in [2.75, 3.05) is 13.3 Å². The number of alkyl halides is 4. The van der Waals surface area contributed by atoms with E-state index < -0.39 is 105 Å². The van der Waals surface area contributed by atoms with Crippen LogP contribution >= 0.6 is 11.6 Å². The zero-order valence-electron chi connectivity index (χ0n) is 32.1. The zero-order valence-corrected chi connectivity index (χ0v) is 33.7. The Morgan fingerprint density at radius 1 is 1.10 bits per heavy atom. The third-order valence-corrected chi connectivity index (χ3v) is 12.1. The Bertz CT molecular complexity index is 2990. The summed E-state index contributed by atoms with van der Waals surface area (Å²) in [6.07, 6.45) is 1.15. The monoisotopic (exact) mass is 901 g/mol. The number of benzene rings is 2. The number of amides is 1. The predicted octanol–water partition coefficient (Wildman–Crippen LogP) is 6.09. The smallest absolute Gasteiger partial charge is 0.293 e. The van der Waals surface area contributed by atoms with Gasteiger partial charge in [-0.3, -0.25) is 18.8 Å². The molecule has 0 radical (unpaired) electrons. The van der Waals surface area contributed by atoms with Crippen LogP contribution in [0.3, 0.4) is 0 Å². The first-order valence-electron chi connectivity index (χ1n) is 18.9. The summed E-state index contributed by atoms with van der Waals surface area (Å²) < 4.78 is 134. The van der Waals surface area contributed by atoms with Gasteiger partial charge in [0.1, 0.15) is 47.0 Å². The molecule has 3 aromatic heterocycles. The molecule has 9 rings (SSSR count). The van der Waals surface area contributed by atoms with Crippen LogP contribution in [0.15, 0.2) is 81.1 Å². The number of nitrogens with one attached hydrogen (secondary N) is 2. The number of nitrogens with zero attached hydrogens (tertiary/aromatic N) is 7. The maximum Gasteiger partial charge on any atom is 0.293 e. The molecule has 5 aromatic rings. The van der Waals surface area contributed by atoms with Crippen LogP contribution in [0.2, 0.25) is 0 Å². The number of likely N-dealkylation sites (N-methyl/N-ethyl adjacent to an activating group) is 1. The maximum atomic E-state index is 15.5. The molecule has 322 valence electrons. The molecular formula is C40H31ClF7N9O4S. The van der Waals surface area contributed by atoms with Crippen molar-refractivity contribution in [3.05, 3.63) is 128 Å². The fourth-order valence-corrected chi connectivity index (χ4v) is 9.51. The maximum absolute atomic E-state index is 15.5. The number of halogens is 8. The molecule has 22 heteroatoms. The molecule has 62 heavy (non-hydrogen) atoms. The average Bonchev–Trinajstić information content (AvgIpc) is 3.73. The molecule has 1 saturated heterocycles. The molecule has 0 bridgehead atoms. The third kappa shape index (κ3) is 7.14. The molecule has 2 unspecified atom stereocenters. The Morgan fingerprint density at radius 2 is 1.82 bits per heavy atom. The summed E-state index contributed by atoms with van der Waals surface area (Å²) in [5.74, 6) is -10.8. The Balaban J connectivity index is 1.23. The molecule has 2 aromatic carbocycles. The molecule has 3 aliphatic carbocycles. The topological polar surface area (TPSA) is 156 Å². The zero-order chi connectivity index (χ0) is 44.2. The minimum atomic E-state index is -4.00. The number of hydrogen-bond donors (Lipinski definition) is 2. The average molecular weight is 902 g/mol. The lowest BCUT2D eigenvalue weighted by Crippen LogP contribution is -2.43. The third-order valence-electron chi connectivity index (χ3n) is 11.2. The second-order valence-corrected chi connectivity index (χ2v) is 17.5. The van der Waals surface area contributed by atoms with Gasteiger partial charge in [0.05, 0.1) is 29.8 Å². The number of amidine groups is 1. The van der Waals surface area contributed by atoms with Crippen molar-refractivity contribution in [1.82, 2.24) is 40.1 Å². The largest absolute Gasteiger partial charge is 0.344 e. The van der Waals surface area contributed by atoms with Crippen molar-refractivity contribution in [3.8, 4) is 11.1 Å². The second kappa shape index (κ2) is 14.9. The van der Waals surface area contributed by atoms with Gasteiger partial charge in [-0.1, -0.05) is 29.8 Å². The molecule has 4 aliphatic rings. The summed E-state index contributed by atoms with van der Waals surface area (Å²) in [5.41, 5.74) is -0.139. The van der Waals surface area contributed by atoms with Crippen LogP contribution in [-0.2, 0) is 33.7 Å². The van der Waals surface area contributed by atoms with Gasteiger partial charge in [0.25, 0.3) is 27.9 Å². The highest BCUT2D eigenvalue weighted by molar-refractivity contribution is 7.89. The van der Waals surface area contributed by atoms with Gasteiger partial charge < -0.3 is 10.7 Å². The molecule has 4 heterocycles. The lowest BCUT2D eigenvalue weighted by molar-refractivity contribution is -0.123. The van der Waals surface area contributed by atoms with E-state index in [0.717, 1.165) is 23.0 Å². The van der Waals surface area contributed by atoms with E-state index in [4.69, 9.17) is 16.6 Å². The molecule has 1 saturated carbocycles. The number of rotatable bonds is 10. The minimum Gasteiger partial charge on any atom is -0.344 e. The van der Waals surface area contributed by atoms with Crippen LogP contribution in [0.4, 0.5) is 30.7 Å². The fraction of sp³-hybridized carbons (Fsp3) is 0.300. The van der Waals surface area contributed by atoms with E-state index in [1.54, 1.807) is 6.07 Å². The number of carbonyl (C=O) groups is 1. The normalized spacial score (nSPS) is 22.5. The SMILES string of the molecule is CN1NC(=NS(C)(=O)=O)C2C(Cl)=CC=C(n3c([C@H](Cc4cc(F)cc(F)c4)NC(=O)Cn4nc(C(F)F)c5c4C(F)(F)[C@@H]4C[C@H]54)nc4cc(-c5ccccc5F)cnc4c3=O)C21. The lowest BCUT2D eigenvalue weighted by Gasteiger charge is -2.31. The molecule has 2 fully saturated rings. The van der Waals surface area contributed by atoms with E-state index in [0.29, 0.717) is 10.7 Å². The van der Waals surface area contributed by atoms with Crippen LogP contribution in [0.25, 0.3) is 27.9 Å².